The minimum absolute atomic E-state index is 0.00762. The molecular weight excluding hydrogens is 441 g/mol. The Morgan fingerprint density at radius 3 is 2.64 bits per heavy atom. The summed E-state index contributed by atoms with van der Waals surface area (Å²) in [6, 6.07) is 3.42. The number of hydrogen-bond acceptors (Lipinski definition) is 8. The molecule has 1 N–H and O–H groups in total. The summed E-state index contributed by atoms with van der Waals surface area (Å²) in [5.41, 5.74) is -0.964. The molecule has 3 aromatic heterocycles. The van der Waals surface area contributed by atoms with Crippen LogP contribution in [0.5, 0.6) is 0 Å². The molecule has 0 radical (unpaired) electrons. The Kier molecular flexibility index (Phi) is 5.20. The molecule has 3 aromatic rings. The first-order valence-corrected chi connectivity index (χ1v) is 10.5. The normalized spacial score (nSPS) is 12.3. The number of carbonyl (C=O) groups excluding carboxylic acids is 1. The van der Waals surface area contributed by atoms with Crippen molar-refractivity contribution in [2.75, 3.05) is 4.72 Å². The van der Waals surface area contributed by atoms with Gasteiger partial charge < -0.3 is 9.90 Å². The van der Waals surface area contributed by atoms with Crippen LogP contribution in [0, 0.1) is 0 Å². The Balaban J connectivity index is 1.83. The number of aromatic nitrogens is 3. The van der Waals surface area contributed by atoms with Crippen LogP contribution in [-0.4, -0.2) is 29.2 Å². The number of nitrogens with zero attached hydrogens (tertiary/aromatic N) is 3. The van der Waals surface area contributed by atoms with Crippen molar-refractivity contribution < 1.29 is 31.5 Å². The molecule has 14 heteroatoms. The smallest absolute Gasteiger partial charge is 0.433 e. The van der Waals surface area contributed by atoms with Crippen LogP contribution in [0.2, 0.25) is 0 Å². The Morgan fingerprint density at radius 1 is 1.32 bits per heavy atom. The summed E-state index contributed by atoms with van der Waals surface area (Å²) in [5.74, 6) is -1.32. The van der Waals surface area contributed by atoms with Gasteiger partial charge >= 0.3 is 6.18 Å². The number of anilines is 1. The Labute approximate surface area is 164 Å². The van der Waals surface area contributed by atoms with Gasteiger partial charge in [-0.25, -0.2) is 13.4 Å². The SMILES string of the molecule is Cn1nc(-c2ccc(S(=O)(=O)Nc3ncc(CC(=O)[O-])s3)s2)cc1C(F)(F)F. The number of aliphatic carboxylic acids is 1. The summed E-state index contributed by atoms with van der Waals surface area (Å²) in [7, 11) is -2.91. The third kappa shape index (κ3) is 4.34. The quantitative estimate of drug-likeness (QED) is 0.610. The van der Waals surface area contributed by atoms with Gasteiger partial charge in [0.25, 0.3) is 10.0 Å². The maximum Gasteiger partial charge on any atom is 0.433 e. The average Bonchev–Trinajstić information content (AvgIpc) is 3.25. The minimum atomic E-state index is -4.58. The van der Waals surface area contributed by atoms with Crippen molar-refractivity contribution in [2.45, 2.75) is 16.8 Å². The topological polar surface area (TPSA) is 117 Å². The number of carbonyl (C=O) groups is 1. The number of sulfonamides is 1. The fourth-order valence-electron chi connectivity index (χ4n) is 2.20. The van der Waals surface area contributed by atoms with E-state index in [0.29, 0.717) is 9.56 Å². The molecule has 3 rings (SSSR count). The Morgan fingerprint density at radius 2 is 2.04 bits per heavy atom. The Hall–Kier alpha value is -2.45. The second kappa shape index (κ2) is 7.18. The lowest BCUT2D eigenvalue weighted by Crippen LogP contribution is -2.23. The highest BCUT2D eigenvalue weighted by Crippen LogP contribution is 2.35. The second-order valence-corrected chi connectivity index (χ2v) is 9.55. The third-order valence-corrected chi connectivity index (χ3v) is 7.34. The maximum atomic E-state index is 12.9. The van der Waals surface area contributed by atoms with Crippen LogP contribution in [0.4, 0.5) is 18.3 Å². The molecule has 28 heavy (non-hydrogen) atoms. The summed E-state index contributed by atoms with van der Waals surface area (Å²) >= 11 is 1.58. The largest absolute Gasteiger partial charge is 0.550 e. The highest BCUT2D eigenvalue weighted by atomic mass is 32.2. The molecule has 0 bridgehead atoms. The van der Waals surface area contributed by atoms with Gasteiger partial charge in [-0.15, -0.1) is 22.7 Å². The standard InChI is InChI=1S/C14H11F3N4O4S3/c1-21-10(14(15,16)17)5-8(19-21)9-2-3-12(27-9)28(24,25)20-13-18-6-7(26-13)4-11(22)23/h2-3,5-6H,4H2,1H3,(H,18,20)(H,22,23)/p-1. The zero-order chi connectivity index (χ0) is 20.7. The van der Waals surface area contributed by atoms with Gasteiger partial charge in [0.1, 0.15) is 15.6 Å². The van der Waals surface area contributed by atoms with Crippen LogP contribution in [0.3, 0.4) is 0 Å². The maximum absolute atomic E-state index is 12.9. The fraction of sp³-hybridized carbons (Fsp3) is 0.214. The number of thiazole rings is 1. The first-order chi connectivity index (χ1) is 13.0. The minimum Gasteiger partial charge on any atom is -0.550 e. The number of alkyl halides is 3. The molecule has 0 saturated heterocycles. The van der Waals surface area contributed by atoms with Gasteiger partial charge in [-0.1, -0.05) is 0 Å². The number of nitrogens with one attached hydrogen (secondary N) is 1. The number of aryl methyl sites for hydroxylation is 1. The van der Waals surface area contributed by atoms with Gasteiger partial charge in [-0.2, -0.15) is 18.3 Å². The number of thiophene rings is 1. The lowest BCUT2D eigenvalue weighted by Gasteiger charge is -2.04. The zero-order valence-electron chi connectivity index (χ0n) is 13.8. The van der Waals surface area contributed by atoms with Crippen molar-refractivity contribution in [2.24, 2.45) is 7.05 Å². The van der Waals surface area contributed by atoms with Crippen molar-refractivity contribution in [1.29, 1.82) is 0 Å². The summed E-state index contributed by atoms with van der Waals surface area (Å²) in [4.78, 5) is 14.9. The van der Waals surface area contributed by atoms with Crippen LogP contribution in [0.15, 0.2) is 28.6 Å². The number of hydrogen-bond donors (Lipinski definition) is 1. The van der Waals surface area contributed by atoms with Crippen LogP contribution >= 0.6 is 22.7 Å². The number of rotatable bonds is 6. The van der Waals surface area contributed by atoms with E-state index in [1.807, 2.05) is 0 Å². The first kappa shape index (κ1) is 20.3. The van der Waals surface area contributed by atoms with Crippen LogP contribution in [0.25, 0.3) is 10.6 Å². The summed E-state index contributed by atoms with van der Waals surface area (Å²) < 4.78 is 66.3. The van der Waals surface area contributed by atoms with E-state index >= 15 is 0 Å². The van der Waals surface area contributed by atoms with Crippen LogP contribution in [-0.2, 0) is 34.5 Å². The molecule has 0 saturated carbocycles. The molecule has 0 aromatic carbocycles. The van der Waals surface area contributed by atoms with E-state index < -0.39 is 34.3 Å². The molecule has 0 amide bonds. The summed E-state index contributed by atoms with van der Waals surface area (Å²) in [5, 5.41) is 14.3. The number of halogens is 3. The van der Waals surface area contributed by atoms with Crippen molar-refractivity contribution in [3.05, 3.63) is 35.0 Å². The second-order valence-electron chi connectivity index (χ2n) is 5.44. The van der Waals surface area contributed by atoms with Gasteiger partial charge in [0.05, 0.1) is 4.88 Å². The number of carboxylic acid groups (broad SMARTS) is 1. The molecule has 0 aliphatic rings. The summed E-state index contributed by atoms with van der Waals surface area (Å²) in [6.07, 6.45) is -3.77. The van der Waals surface area contributed by atoms with Crippen molar-refractivity contribution in [1.82, 2.24) is 14.8 Å². The molecule has 0 atom stereocenters. The van der Waals surface area contributed by atoms with Gasteiger partial charge in [-0.3, -0.25) is 9.40 Å². The van der Waals surface area contributed by atoms with Gasteiger partial charge in [0.15, 0.2) is 5.13 Å². The number of carboxylic acids is 1. The summed E-state index contributed by atoms with van der Waals surface area (Å²) in [6.45, 7) is 0. The van der Waals surface area contributed by atoms with E-state index in [1.165, 1.54) is 18.3 Å². The molecule has 0 unspecified atom stereocenters. The molecule has 150 valence electrons. The lowest BCUT2D eigenvalue weighted by molar-refractivity contribution is -0.304. The molecule has 0 fully saturated rings. The van der Waals surface area contributed by atoms with E-state index in [0.717, 1.165) is 35.8 Å². The Bertz CT molecular complexity index is 1130. The monoisotopic (exact) mass is 451 g/mol. The molecule has 0 aliphatic heterocycles. The van der Waals surface area contributed by atoms with E-state index in [1.54, 1.807) is 0 Å². The van der Waals surface area contributed by atoms with Gasteiger partial charge in [-0.05, 0) is 18.2 Å². The van der Waals surface area contributed by atoms with Gasteiger partial charge in [0, 0.05) is 30.5 Å². The highest BCUT2D eigenvalue weighted by Gasteiger charge is 2.35. The molecule has 8 nitrogen and oxygen atoms in total. The van der Waals surface area contributed by atoms with Crippen LogP contribution < -0.4 is 9.83 Å². The molecule has 0 aliphatic carbocycles. The molecule has 3 heterocycles. The first-order valence-electron chi connectivity index (χ1n) is 7.34. The average molecular weight is 451 g/mol. The third-order valence-electron chi connectivity index (χ3n) is 3.36. The van der Waals surface area contributed by atoms with Crippen LogP contribution in [0.1, 0.15) is 10.6 Å². The predicted octanol–water partition coefficient (Wildman–Crippen LogP) is 1.72. The molecular formula is C14H10F3N4O4S3-. The van der Waals surface area contributed by atoms with Crippen molar-refractivity contribution in [3.63, 3.8) is 0 Å². The van der Waals surface area contributed by atoms with Gasteiger partial charge in [0.2, 0.25) is 0 Å². The zero-order valence-corrected chi connectivity index (χ0v) is 16.3. The van der Waals surface area contributed by atoms with E-state index in [2.05, 4.69) is 14.8 Å². The lowest BCUT2D eigenvalue weighted by atomic mass is 10.3. The van der Waals surface area contributed by atoms with E-state index in [9.17, 15) is 31.5 Å². The molecule has 0 spiro atoms. The highest BCUT2D eigenvalue weighted by molar-refractivity contribution is 7.95. The fourth-order valence-corrected chi connectivity index (χ4v) is 5.50. The van der Waals surface area contributed by atoms with Crippen molar-refractivity contribution in [3.8, 4) is 10.6 Å². The predicted molar refractivity (Wildman–Crippen MR) is 93.2 cm³/mol. The van der Waals surface area contributed by atoms with Crippen molar-refractivity contribution >= 4 is 43.8 Å². The van der Waals surface area contributed by atoms with E-state index in [-0.39, 0.29) is 19.9 Å². The van der Waals surface area contributed by atoms with E-state index in [4.69, 9.17) is 0 Å².